The first-order chi connectivity index (χ1) is 6.16. The molecule has 0 aliphatic heterocycles. The average molecular weight is 183 g/mol. The van der Waals surface area contributed by atoms with E-state index in [2.05, 4.69) is 11.9 Å². The van der Waals surface area contributed by atoms with Gasteiger partial charge >= 0.3 is 0 Å². The number of ketones is 1. The minimum absolute atomic E-state index is 0.204. The van der Waals surface area contributed by atoms with Crippen molar-refractivity contribution < 1.29 is 4.79 Å². The van der Waals surface area contributed by atoms with Gasteiger partial charge in [-0.25, -0.2) is 0 Å². The van der Waals surface area contributed by atoms with Gasteiger partial charge in [0.05, 0.1) is 0 Å². The second-order valence-corrected chi connectivity index (χ2v) is 3.56. The van der Waals surface area contributed by atoms with Crippen LogP contribution in [0.1, 0.15) is 52.9 Å². The molecular formula is C11H21NO. The standard InChI is InChI=1S/C11H21NO/c1-4-5-6-7-8-12-10(2)9-11(3)13/h4-9H2,1-3H3. The van der Waals surface area contributed by atoms with Gasteiger partial charge in [-0.1, -0.05) is 26.2 Å². The van der Waals surface area contributed by atoms with Gasteiger partial charge in [0.25, 0.3) is 0 Å². The molecule has 2 nitrogen and oxygen atoms in total. The molecule has 0 aromatic carbocycles. The smallest absolute Gasteiger partial charge is 0.135 e. The monoisotopic (exact) mass is 183 g/mol. The summed E-state index contributed by atoms with van der Waals surface area (Å²) in [5.74, 6) is 0.204. The average Bonchev–Trinajstić information content (AvgIpc) is 2.02. The fraction of sp³-hybridized carbons (Fsp3) is 0.818. The fourth-order valence-corrected chi connectivity index (χ4v) is 1.22. The number of nitrogens with zero attached hydrogens (tertiary/aromatic N) is 1. The number of unbranched alkanes of at least 4 members (excludes halogenated alkanes) is 3. The Kier molecular flexibility index (Phi) is 7.56. The Morgan fingerprint density at radius 2 is 1.85 bits per heavy atom. The summed E-state index contributed by atoms with van der Waals surface area (Å²) in [6.07, 6.45) is 5.49. The summed E-state index contributed by atoms with van der Waals surface area (Å²) in [4.78, 5) is 15.0. The van der Waals surface area contributed by atoms with Crippen molar-refractivity contribution in [2.24, 2.45) is 4.99 Å². The number of hydrogen-bond donors (Lipinski definition) is 0. The van der Waals surface area contributed by atoms with E-state index in [-0.39, 0.29) is 5.78 Å². The number of hydrogen-bond acceptors (Lipinski definition) is 2. The van der Waals surface area contributed by atoms with Crippen LogP contribution in [0.25, 0.3) is 0 Å². The van der Waals surface area contributed by atoms with E-state index >= 15 is 0 Å². The van der Waals surface area contributed by atoms with Crippen molar-refractivity contribution in [3.8, 4) is 0 Å². The van der Waals surface area contributed by atoms with Crippen molar-refractivity contribution in [2.45, 2.75) is 52.9 Å². The highest BCUT2D eigenvalue weighted by Crippen LogP contribution is 1.99. The molecule has 0 amide bonds. The zero-order valence-corrected chi connectivity index (χ0v) is 9.10. The van der Waals surface area contributed by atoms with Gasteiger partial charge in [0.2, 0.25) is 0 Å². The van der Waals surface area contributed by atoms with E-state index in [1.54, 1.807) is 6.92 Å². The predicted octanol–water partition coefficient (Wildman–Crippen LogP) is 3.01. The van der Waals surface area contributed by atoms with Crippen LogP contribution in [-0.4, -0.2) is 18.0 Å². The second kappa shape index (κ2) is 7.96. The number of aliphatic imine (C=N–C) groups is 1. The molecule has 0 spiro atoms. The number of rotatable bonds is 7. The van der Waals surface area contributed by atoms with Crippen LogP contribution in [0.15, 0.2) is 4.99 Å². The summed E-state index contributed by atoms with van der Waals surface area (Å²) in [6, 6.07) is 0. The summed E-state index contributed by atoms with van der Waals surface area (Å²) < 4.78 is 0. The SMILES string of the molecule is CCCCCCN=C(C)CC(C)=O. The Bertz CT molecular complexity index is 173. The minimum atomic E-state index is 0.204. The second-order valence-electron chi connectivity index (χ2n) is 3.56. The molecule has 0 unspecified atom stereocenters. The van der Waals surface area contributed by atoms with Crippen molar-refractivity contribution in [1.82, 2.24) is 0 Å². The summed E-state index contributed by atoms with van der Waals surface area (Å²) in [6.45, 7) is 6.63. The molecule has 13 heavy (non-hydrogen) atoms. The molecule has 0 fully saturated rings. The predicted molar refractivity (Wildman–Crippen MR) is 57.4 cm³/mol. The Morgan fingerprint density at radius 1 is 1.15 bits per heavy atom. The van der Waals surface area contributed by atoms with E-state index in [1.807, 2.05) is 6.92 Å². The fourth-order valence-electron chi connectivity index (χ4n) is 1.22. The van der Waals surface area contributed by atoms with E-state index in [9.17, 15) is 4.79 Å². The van der Waals surface area contributed by atoms with Crippen LogP contribution in [-0.2, 0) is 4.79 Å². The molecule has 0 saturated heterocycles. The molecule has 2 heteroatoms. The molecule has 0 bridgehead atoms. The Morgan fingerprint density at radius 3 is 2.38 bits per heavy atom. The maximum atomic E-state index is 10.7. The third-order valence-corrected chi connectivity index (χ3v) is 1.90. The first kappa shape index (κ1) is 12.3. The Hall–Kier alpha value is -0.660. The molecule has 0 N–H and O–H groups in total. The molecule has 76 valence electrons. The molecule has 0 aliphatic carbocycles. The lowest BCUT2D eigenvalue weighted by molar-refractivity contribution is -0.115. The number of Topliss-reactive ketones (excluding diaryl/α,β-unsaturated/α-hetero) is 1. The van der Waals surface area contributed by atoms with Gasteiger partial charge in [0.1, 0.15) is 5.78 Å². The van der Waals surface area contributed by atoms with Crippen LogP contribution in [0.5, 0.6) is 0 Å². The van der Waals surface area contributed by atoms with E-state index in [4.69, 9.17) is 0 Å². The van der Waals surface area contributed by atoms with Gasteiger partial charge < -0.3 is 0 Å². The van der Waals surface area contributed by atoms with Crippen LogP contribution < -0.4 is 0 Å². The van der Waals surface area contributed by atoms with Crippen LogP contribution in [0.3, 0.4) is 0 Å². The van der Waals surface area contributed by atoms with Crippen molar-refractivity contribution >= 4 is 11.5 Å². The normalized spacial score (nSPS) is 11.8. The van der Waals surface area contributed by atoms with Gasteiger partial charge in [-0.05, 0) is 20.3 Å². The van der Waals surface area contributed by atoms with Crippen LogP contribution in [0, 0.1) is 0 Å². The van der Waals surface area contributed by atoms with Crippen molar-refractivity contribution in [2.75, 3.05) is 6.54 Å². The summed E-state index contributed by atoms with van der Waals surface area (Å²) in [5.41, 5.74) is 0.976. The summed E-state index contributed by atoms with van der Waals surface area (Å²) in [5, 5.41) is 0. The molecule has 0 rings (SSSR count). The highest BCUT2D eigenvalue weighted by Gasteiger charge is 1.95. The zero-order valence-electron chi connectivity index (χ0n) is 9.10. The maximum Gasteiger partial charge on any atom is 0.135 e. The third kappa shape index (κ3) is 9.25. The molecular weight excluding hydrogens is 162 g/mol. The Balaban J connectivity index is 3.42. The molecule has 0 saturated carbocycles. The summed E-state index contributed by atoms with van der Waals surface area (Å²) in [7, 11) is 0. The molecule has 0 aromatic rings. The lowest BCUT2D eigenvalue weighted by atomic mass is 10.2. The van der Waals surface area contributed by atoms with E-state index in [1.165, 1.54) is 19.3 Å². The number of carbonyl (C=O) groups excluding carboxylic acids is 1. The van der Waals surface area contributed by atoms with Crippen LogP contribution in [0.4, 0.5) is 0 Å². The van der Waals surface area contributed by atoms with Crippen LogP contribution in [0.2, 0.25) is 0 Å². The minimum Gasteiger partial charge on any atom is -0.300 e. The maximum absolute atomic E-state index is 10.7. The molecule has 0 atom stereocenters. The lowest BCUT2D eigenvalue weighted by Gasteiger charge is -1.98. The van der Waals surface area contributed by atoms with E-state index in [0.717, 1.165) is 18.7 Å². The van der Waals surface area contributed by atoms with Crippen molar-refractivity contribution in [1.29, 1.82) is 0 Å². The number of carbonyl (C=O) groups is 1. The van der Waals surface area contributed by atoms with E-state index in [0.29, 0.717) is 6.42 Å². The van der Waals surface area contributed by atoms with Gasteiger partial charge in [0, 0.05) is 18.7 Å². The van der Waals surface area contributed by atoms with Crippen molar-refractivity contribution in [3.05, 3.63) is 0 Å². The highest BCUT2D eigenvalue weighted by molar-refractivity contribution is 5.99. The lowest BCUT2D eigenvalue weighted by Crippen LogP contribution is -2.00. The van der Waals surface area contributed by atoms with Gasteiger partial charge in [-0.2, -0.15) is 0 Å². The topological polar surface area (TPSA) is 29.4 Å². The molecule has 0 aliphatic rings. The largest absolute Gasteiger partial charge is 0.300 e. The zero-order chi connectivity index (χ0) is 10.1. The molecule has 0 heterocycles. The first-order valence-electron chi connectivity index (χ1n) is 5.16. The van der Waals surface area contributed by atoms with Gasteiger partial charge in [-0.15, -0.1) is 0 Å². The summed E-state index contributed by atoms with van der Waals surface area (Å²) >= 11 is 0. The van der Waals surface area contributed by atoms with Crippen molar-refractivity contribution in [3.63, 3.8) is 0 Å². The molecule has 0 radical (unpaired) electrons. The third-order valence-electron chi connectivity index (χ3n) is 1.90. The Labute approximate surface area is 81.4 Å². The van der Waals surface area contributed by atoms with Gasteiger partial charge in [0.15, 0.2) is 0 Å². The quantitative estimate of drug-likeness (QED) is 0.440. The van der Waals surface area contributed by atoms with Crippen LogP contribution >= 0.6 is 0 Å². The van der Waals surface area contributed by atoms with E-state index < -0.39 is 0 Å². The van der Waals surface area contributed by atoms with Gasteiger partial charge in [-0.3, -0.25) is 9.79 Å². The molecule has 0 aromatic heterocycles. The highest BCUT2D eigenvalue weighted by atomic mass is 16.1. The first-order valence-corrected chi connectivity index (χ1v) is 5.16.